The van der Waals surface area contributed by atoms with Gasteiger partial charge in [0.15, 0.2) is 16.6 Å². The average molecular weight is 584 g/mol. The van der Waals surface area contributed by atoms with Crippen molar-refractivity contribution in [1.82, 2.24) is 5.32 Å². The van der Waals surface area contributed by atoms with E-state index in [0.29, 0.717) is 29.4 Å². The number of carbonyl (C=O) groups is 2. The van der Waals surface area contributed by atoms with Crippen molar-refractivity contribution in [3.8, 4) is 11.5 Å². The van der Waals surface area contributed by atoms with E-state index in [1.807, 2.05) is 37.3 Å². The molecule has 0 unspecified atom stereocenters. The number of methoxy groups -OCH3 is 1. The number of aryl methyl sites for hydroxylation is 1. The number of thiocarbonyl (C=S) groups is 1. The van der Waals surface area contributed by atoms with Crippen LogP contribution >= 0.6 is 34.8 Å². The fourth-order valence-corrected chi connectivity index (χ4v) is 4.62. The maximum atomic E-state index is 13.2. The van der Waals surface area contributed by atoms with Crippen molar-refractivity contribution in [2.24, 2.45) is 0 Å². The average Bonchev–Trinajstić information content (AvgIpc) is 2.81. The number of carbonyl (C=O) groups excluding carboxylic acids is 2. The first-order valence-electron chi connectivity index (χ1n) is 10.4. The van der Waals surface area contributed by atoms with Crippen molar-refractivity contribution in [3.05, 3.63) is 92.6 Å². The zero-order chi connectivity index (χ0) is 24.2. The minimum atomic E-state index is -0.545. The molecular weight excluding hydrogens is 563 g/mol. The molecule has 4 rings (SSSR count). The van der Waals surface area contributed by atoms with Crippen molar-refractivity contribution in [2.75, 3.05) is 12.0 Å². The predicted molar refractivity (Wildman–Crippen MR) is 144 cm³/mol. The van der Waals surface area contributed by atoms with Crippen molar-refractivity contribution < 1.29 is 19.1 Å². The minimum Gasteiger partial charge on any atom is -0.493 e. The number of para-hydroxylation sites is 1. The van der Waals surface area contributed by atoms with Crippen molar-refractivity contribution in [3.63, 3.8) is 0 Å². The van der Waals surface area contributed by atoms with Gasteiger partial charge in [0.2, 0.25) is 0 Å². The first-order chi connectivity index (χ1) is 16.4. The van der Waals surface area contributed by atoms with E-state index in [2.05, 4.69) is 34.0 Å². The largest absolute Gasteiger partial charge is 0.493 e. The van der Waals surface area contributed by atoms with Gasteiger partial charge in [-0.1, -0.05) is 48.0 Å². The molecule has 172 valence electrons. The molecule has 0 saturated carbocycles. The summed E-state index contributed by atoms with van der Waals surface area (Å²) >= 11 is 7.40. The third-order valence-corrected chi connectivity index (χ3v) is 6.23. The molecule has 1 fully saturated rings. The van der Waals surface area contributed by atoms with Crippen LogP contribution in [0.3, 0.4) is 0 Å². The molecule has 6 nitrogen and oxygen atoms in total. The summed E-state index contributed by atoms with van der Waals surface area (Å²) in [4.78, 5) is 27.1. The van der Waals surface area contributed by atoms with Gasteiger partial charge in [-0.05, 0) is 83.2 Å². The molecule has 0 bridgehead atoms. The van der Waals surface area contributed by atoms with Crippen LogP contribution in [-0.2, 0) is 16.2 Å². The van der Waals surface area contributed by atoms with Gasteiger partial charge in [-0.2, -0.15) is 0 Å². The number of ether oxygens (including phenoxy) is 2. The van der Waals surface area contributed by atoms with E-state index in [9.17, 15) is 9.59 Å². The SMILES string of the molecule is COc1cc(/C=C2/C(=O)NC(=S)N(c3ccccc3)C2=O)cc(I)c1OCc1cccc(C)c1. The molecule has 34 heavy (non-hydrogen) atoms. The Hall–Kier alpha value is -3.24. The fourth-order valence-electron chi connectivity index (χ4n) is 3.56. The van der Waals surface area contributed by atoms with E-state index in [-0.39, 0.29) is 10.7 Å². The maximum Gasteiger partial charge on any atom is 0.270 e. The van der Waals surface area contributed by atoms with Gasteiger partial charge in [-0.25, -0.2) is 0 Å². The van der Waals surface area contributed by atoms with Gasteiger partial charge in [0, 0.05) is 0 Å². The summed E-state index contributed by atoms with van der Waals surface area (Å²) in [5.41, 5.74) is 3.39. The van der Waals surface area contributed by atoms with Crippen LogP contribution in [0.5, 0.6) is 11.5 Å². The molecule has 1 aliphatic heterocycles. The van der Waals surface area contributed by atoms with Gasteiger partial charge in [0.25, 0.3) is 11.8 Å². The smallest absolute Gasteiger partial charge is 0.270 e. The van der Waals surface area contributed by atoms with Crippen molar-refractivity contribution >= 4 is 63.5 Å². The molecule has 0 aromatic heterocycles. The highest BCUT2D eigenvalue weighted by Gasteiger charge is 2.34. The van der Waals surface area contributed by atoms with E-state index in [1.165, 1.54) is 11.0 Å². The molecule has 1 N–H and O–H groups in total. The Balaban J connectivity index is 1.64. The summed E-state index contributed by atoms with van der Waals surface area (Å²) in [6.07, 6.45) is 1.53. The zero-order valence-corrected chi connectivity index (χ0v) is 21.5. The molecule has 8 heteroatoms. The quantitative estimate of drug-likeness (QED) is 0.191. The third-order valence-electron chi connectivity index (χ3n) is 5.14. The predicted octanol–water partition coefficient (Wildman–Crippen LogP) is 5.02. The van der Waals surface area contributed by atoms with Crippen LogP contribution < -0.4 is 19.7 Å². The van der Waals surface area contributed by atoms with Crippen LogP contribution in [-0.4, -0.2) is 24.0 Å². The summed E-state index contributed by atoms with van der Waals surface area (Å²) in [7, 11) is 1.55. The van der Waals surface area contributed by atoms with Crippen LogP contribution in [0.15, 0.2) is 72.3 Å². The summed E-state index contributed by atoms with van der Waals surface area (Å²) in [5, 5.41) is 2.64. The lowest BCUT2D eigenvalue weighted by atomic mass is 10.1. The molecule has 0 radical (unpaired) electrons. The van der Waals surface area contributed by atoms with Crippen LogP contribution in [0.4, 0.5) is 5.69 Å². The van der Waals surface area contributed by atoms with Crippen LogP contribution in [0.25, 0.3) is 6.08 Å². The monoisotopic (exact) mass is 584 g/mol. The first-order valence-corrected chi connectivity index (χ1v) is 11.9. The Bertz CT molecular complexity index is 1310. The highest BCUT2D eigenvalue weighted by Crippen LogP contribution is 2.35. The molecule has 3 aromatic carbocycles. The molecule has 0 aliphatic carbocycles. The van der Waals surface area contributed by atoms with Crippen LogP contribution in [0.2, 0.25) is 0 Å². The second-order valence-electron chi connectivity index (χ2n) is 7.61. The van der Waals surface area contributed by atoms with Gasteiger partial charge in [0.05, 0.1) is 16.4 Å². The lowest BCUT2D eigenvalue weighted by Gasteiger charge is -2.28. The van der Waals surface area contributed by atoms with Crippen molar-refractivity contribution in [1.29, 1.82) is 0 Å². The number of anilines is 1. The molecule has 3 aromatic rings. The molecular formula is C26H21IN2O4S. The number of rotatable bonds is 6. The number of nitrogens with one attached hydrogen (secondary N) is 1. The summed E-state index contributed by atoms with van der Waals surface area (Å²) < 4.78 is 12.4. The number of hydrogen-bond donors (Lipinski definition) is 1. The van der Waals surface area contributed by atoms with E-state index < -0.39 is 11.8 Å². The normalized spacial score (nSPS) is 14.9. The van der Waals surface area contributed by atoms with E-state index >= 15 is 0 Å². The second-order valence-corrected chi connectivity index (χ2v) is 9.15. The van der Waals surface area contributed by atoms with Crippen LogP contribution in [0.1, 0.15) is 16.7 Å². The van der Waals surface area contributed by atoms with E-state index in [0.717, 1.165) is 14.7 Å². The molecule has 0 atom stereocenters. The van der Waals surface area contributed by atoms with E-state index in [4.69, 9.17) is 21.7 Å². The number of hydrogen-bond acceptors (Lipinski definition) is 5. The van der Waals surface area contributed by atoms with Crippen molar-refractivity contribution in [2.45, 2.75) is 13.5 Å². The Kier molecular flexibility index (Phi) is 7.28. The molecule has 1 heterocycles. The molecule has 2 amide bonds. The second kappa shape index (κ2) is 10.4. The maximum absolute atomic E-state index is 13.2. The lowest BCUT2D eigenvalue weighted by Crippen LogP contribution is -2.54. The Labute approximate surface area is 216 Å². The fraction of sp³-hybridized carbons (Fsp3) is 0.115. The number of nitrogens with zero attached hydrogens (tertiary/aromatic N) is 1. The van der Waals surface area contributed by atoms with Gasteiger partial charge < -0.3 is 9.47 Å². The van der Waals surface area contributed by atoms with Gasteiger partial charge >= 0.3 is 0 Å². The lowest BCUT2D eigenvalue weighted by molar-refractivity contribution is -0.122. The third kappa shape index (κ3) is 5.13. The minimum absolute atomic E-state index is 0.0243. The van der Waals surface area contributed by atoms with Crippen LogP contribution in [0, 0.1) is 10.5 Å². The van der Waals surface area contributed by atoms with E-state index in [1.54, 1.807) is 37.4 Å². The molecule has 1 aliphatic rings. The number of benzene rings is 3. The number of halogens is 1. The standard InChI is InChI=1S/C26H21IN2O4S/c1-16-7-6-8-17(11-16)15-33-23-21(27)13-18(14-22(23)32-2)12-20-24(30)28-26(34)29(25(20)31)19-9-4-3-5-10-19/h3-14H,15H2,1-2H3,(H,28,30,34)/b20-12-. The first kappa shape index (κ1) is 23.9. The topological polar surface area (TPSA) is 67.9 Å². The molecule has 1 saturated heterocycles. The van der Waals surface area contributed by atoms with Gasteiger partial charge in [-0.3, -0.25) is 19.8 Å². The summed E-state index contributed by atoms with van der Waals surface area (Å²) in [6, 6.07) is 20.6. The highest BCUT2D eigenvalue weighted by atomic mass is 127. The molecule has 0 spiro atoms. The number of amides is 2. The summed E-state index contributed by atoms with van der Waals surface area (Å²) in [5.74, 6) is 0.0633. The summed E-state index contributed by atoms with van der Waals surface area (Å²) in [6.45, 7) is 2.42. The zero-order valence-electron chi connectivity index (χ0n) is 18.5. The highest BCUT2D eigenvalue weighted by molar-refractivity contribution is 14.1. The Morgan fingerprint density at radius 2 is 1.82 bits per heavy atom. The van der Waals surface area contributed by atoms with Gasteiger partial charge in [0.1, 0.15) is 12.2 Å². The Morgan fingerprint density at radius 1 is 1.06 bits per heavy atom. The van der Waals surface area contributed by atoms with Gasteiger partial charge in [-0.15, -0.1) is 0 Å². The Morgan fingerprint density at radius 3 is 2.53 bits per heavy atom.